The number of ether oxygens (including phenoxy) is 1. The second-order valence-electron chi connectivity index (χ2n) is 5.29. The Hall–Kier alpha value is -0.650. The summed E-state index contributed by atoms with van der Waals surface area (Å²) in [6, 6.07) is 0.219. The minimum atomic E-state index is 0.217. The Morgan fingerprint density at radius 1 is 1.35 bits per heavy atom. The molecule has 2 unspecified atom stereocenters. The average Bonchev–Trinajstić information content (AvgIpc) is 2.28. The largest absolute Gasteiger partial charge is 0.378 e. The maximum Gasteiger partial charge on any atom is 0.236 e. The predicted molar refractivity (Wildman–Crippen MR) is 65.6 cm³/mol. The molecule has 0 bridgehead atoms. The number of nitrogens with zero attached hydrogens (tertiary/aromatic N) is 2. The number of likely N-dealkylation sites (tertiary alicyclic amines) is 1. The smallest absolute Gasteiger partial charge is 0.236 e. The quantitative estimate of drug-likeness (QED) is 0.709. The highest BCUT2D eigenvalue weighted by molar-refractivity contribution is 5.78. The summed E-state index contributed by atoms with van der Waals surface area (Å²) in [5, 5.41) is 0. The van der Waals surface area contributed by atoms with Crippen molar-refractivity contribution in [2.75, 3.05) is 45.9 Å². The normalized spacial score (nSPS) is 31.5. The summed E-state index contributed by atoms with van der Waals surface area (Å²) in [7, 11) is 0. The van der Waals surface area contributed by atoms with Crippen LogP contribution in [0.15, 0.2) is 0 Å². The zero-order valence-corrected chi connectivity index (χ0v) is 10.6. The van der Waals surface area contributed by atoms with Crippen molar-refractivity contribution in [2.24, 2.45) is 11.7 Å². The maximum atomic E-state index is 12.1. The van der Waals surface area contributed by atoms with Crippen LogP contribution in [0.4, 0.5) is 0 Å². The molecule has 98 valence electrons. The van der Waals surface area contributed by atoms with Crippen molar-refractivity contribution >= 4 is 5.91 Å². The van der Waals surface area contributed by atoms with E-state index in [0.717, 1.165) is 32.6 Å². The lowest BCUT2D eigenvalue weighted by Crippen LogP contribution is -2.51. The van der Waals surface area contributed by atoms with E-state index in [2.05, 4.69) is 11.8 Å². The molecule has 2 saturated heterocycles. The van der Waals surface area contributed by atoms with Gasteiger partial charge >= 0.3 is 0 Å². The summed E-state index contributed by atoms with van der Waals surface area (Å²) in [5.74, 6) is 0.811. The Morgan fingerprint density at radius 2 is 2.06 bits per heavy atom. The number of carbonyl (C=O) groups excluding carboxylic acids is 1. The molecule has 2 heterocycles. The van der Waals surface area contributed by atoms with E-state index in [0.29, 0.717) is 25.7 Å². The monoisotopic (exact) mass is 241 g/mol. The zero-order valence-electron chi connectivity index (χ0n) is 10.6. The van der Waals surface area contributed by atoms with Crippen molar-refractivity contribution in [3.63, 3.8) is 0 Å². The van der Waals surface area contributed by atoms with Gasteiger partial charge in [-0.05, 0) is 12.3 Å². The molecule has 2 N–H and O–H groups in total. The second-order valence-corrected chi connectivity index (χ2v) is 5.29. The molecule has 0 saturated carbocycles. The van der Waals surface area contributed by atoms with E-state index in [4.69, 9.17) is 10.5 Å². The molecule has 0 aliphatic carbocycles. The molecular weight excluding hydrogens is 218 g/mol. The van der Waals surface area contributed by atoms with Gasteiger partial charge in [0.05, 0.1) is 19.8 Å². The molecule has 0 aromatic heterocycles. The maximum absolute atomic E-state index is 12.1. The fourth-order valence-corrected chi connectivity index (χ4v) is 2.75. The Labute approximate surface area is 103 Å². The molecule has 5 heteroatoms. The van der Waals surface area contributed by atoms with Crippen LogP contribution in [-0.2, 0) is 9.53 Å². The standard InChI is InChI=1S/C12H23N3O2/c1-10-6-11(13)8-14(7-10)9-12(16)15-2-4-17-5-3-15/h10-11H,2-9,13H2,1H3. The van der Waals surface area contributed by atoms with Crippen LogP contribution in [0.3, 0.4) is 0 Å². The summed E-state index contributed by atoms with van der Waals surface area (Å²) in [5.41, 5.74) is 5.98. The molecule has 2 rings (SSSR count). The zero-order chi connectivity index (χ0) is 12.3. The molecule has 0 spiro atoms. The first-order valence-corrected chi connectivity index (χ1v) is 6.48. The van der Waals surface area contributed by atoms with Gasteiger partial charge in [0.15, 0.2) is 0 Å². The van der Waals surface area contributed by atoms with E-state index < -0.39 is 0 Å². The van der Waals surface area contributed by atoms with Gasteiger partial charge in [-0.3, -0.25) is 9.69 Å². The van der Waals surface area contributed by atoms with Crippen molar-refractivity contribution in [1.82, 2.24) is 9.80 Å². The van der Waals surface area contributed by atoms with Crippen LogP contribution in [0.25, 0.3) is 0 Å². The van der Waals surface area contributed by atoms with Crippen LogP contribution in [0.2, 0.25) is 0 Å². The van der Waals surface area contributed by atoms with Gasteiger partial charge in [-0.15, -0.1) is 0 Å². The van der Waals surface area contributed by atoms with Gasteiger partial charge in [-0.25, -0.2) is 0 Å². The molecule has 2 fully saturated rings. The number of carbonyl (C=O) groups is 1. The number of amides is 1. The lowest BCUT2D eigenvalue weighted by atomic mass is 9.96. The molecule has 17 heavy (non-hydrogen) atoms. The number of hydrogen-bond donors (Lipinski definition) is 1. The van der Waals surface area contributed by atoms with E-state index in [-0.39, 0.29) is 11.9 Å². The number of rotatable bonds is 2. The van der Waals surface area contributed by atoms with E-state index in [1.54, 1.807) is 0 Å². The number of morpholine rings is 1. The summed E-state index contributed by atoms with van der Waals surface area (Å²) >= 11 is 0. The van der Waals surface area contributed by atoms with Crippen molar-refractivity contribution < 1.29 is 9.53 Å². The first kappa shape index (κ1) is 12.8. The molecule has 2 aliphatic rings. The summed E-state index contributed by atoms with van der Waals surface area (Å²) in [6.07, 6.45) is 1.07. The SMILES string of the molecule is CC1CC(N)CN(CC(=O)N2CCOCC2)C1. The van der Waals surface area contributed by atoms with Gasteiger partial charge in [-0.1, -0.05) is 6.92 Å². The molecule has 2 aliphatic heterocycles. The minimum absolute atomic E-state index is 0.217. The third-order valence-electron chi connectivity index (χ3n) is 3.49. The fraction of sp³-hybridized carbons (Fsp3) is 0.917. The van der Waals surface area contributed by atoms with Gasteiger partial charge in [0.2, 0.25) is 5.91 Å². The van der Waals surface area contributed by atoms with Gasteiger partial charge < -0.3 is 15.4 Å². The highest BCUT2D eigenvalue weighted by Crippen LogP contribution is 2.15. The molecule has 5 nitrogen and oxygen atoms in total. The summed E-state index contributed by atoms with van der Waals surface area (Å²) < 4.78 is 5.25. The van der Waals surface area contributed by atoms with Gasteiger partial charge in [0.1, 0.15) is 0 Å². The lowest BCUT2D eigenvalue weighted by molar-refractivity contribution is -0.136. The molecule has 1 amide bonds. The lowest BCUT2D eigenvalue weighted by Gasteiger charge is -2.36. The van der Waals surface area contributed by atoms with Crippen LogP contribution >= 0.6 is 0 Å². The van der Waals surface area contributed by atoms with E-state index in [1.807, 2.05) is 4.90 Å². The molecule has 0 aromatic carbocycles. The Morgan fingerprint density at radius 3 is 2.71 bits per heavy atom. The van der Waals surface area contributed by atoms with E-state index in [1.165, 1.54) is 0 Å². The fourth-order valence-electron chi connectivity index (χ4n) is 2.75. The van der Waals surface area contributed by atoms with Crippen LogP contribution in [0.5, 0.6) is 0 Å². The first-order chi connectivity index (χ1) is 8.15. The Balaban J connectivity index is 1.80. The highest BCUT2D eigenvalue weighted by atomic mass is 16.5. The third kappa shape index (κ3) is 3.66. The number of nitrogens with two attached hydrogens (primary N) is 1. The van der Waals surface area contributed by atoms with Crippen molar-refractivity contribution in [3.05, 3.63) is 0 Å². The minimum Gasteiger partial charge on any atom is -0.378 e. The van der Waals surface area contributed by atoms with Gasteiger partial charge in [0.25, 0.3) is 0 Å². The summed E-state index contributed by atoms with van der Waals surface area (Å²) in [6.45, 7) is 7.35. The number of piperidine rings is 1. The Kier molecular flexibility index (Phi) is 4.36. The highest BCUT2D eigenvalue weighted by Gasteiger charge is 2.25. The molecule has 0 radical (unpaired) electrons. The van der Waals surface area contributed by atoms with Crippen LogP contribution < -0.4 is 5.73 Å². The van der Waals surface area contributed by atoms with Crippen molar-refractivity contribution in [1.29, 1.82) is 0 Å². The second kappa shape index (κ2) is 5.80. The van der Waals surface area contributed by atoms with E-state index >= 15 is 0 Å². The number of hydrogen-bond acceptors (Lipinski definition) is 4. The predicted octanol–water partition coefficient (Wildman–Crippen LogP) is -0.486. The first-order valence-electron chi connectivity index (χ1n) is 6.48. The van der Waals surface area contributed by atoms with Gasteiger partial charge in [-0.2, -0.15) is 0 Å². The van der Waals surface area contributed by atoms with Crippen molar-refractivity contribution in [3.8, 4) is 0 Å². The van der Waals surface area contributed by atoms with Crippen LogP contribution in [-0.4, -0.2) is 67.7 Å². The molecule has 0 aromatic rings. The molecular formula is C12H23N3O2. The topological polar surface area (TPSA) is 58.8 Å². The van der Waals surface area contributed by atoms with E-state index in [9.17, 15) is 4.79 Å². The van der Waals surface area contributed by atoms with Crippen molar-refractivity contribution in [2.45, 2.75) is 19.4 Å². The van der Waals surface area contributed by atoms with Crippen LogP contribution in [0, 0.1) is 5.92 Å². The van der Waals surface area contributed by atoms with Gasteiger partial charge in [0, 0.05) is 32.2 Å². The third-order valence-corrected chi connectivity index (χ3v) is 3.49. The Bertz CT molecular complexity index is 256. The van der Waals surface area contributed by atoms with Crippen LogP contribution in [0.1, 0.15) is 13.3 Å². The average molecular weight is 241 g/mol. The summed E-state index contributed by atoms with van der Waals surface area (Å²) in [4.78, 5) is 16.2. The molecule has 2 atom stereocenters.